The van der Waals surface area contributed by atoms with Crippen LogP contribution in [-0.2, 0) is 13.6 Å². The van der Waals surface area contributed by atoms with Crippen LogP contribution >= 0.6 is 23.2 Å². The summed E-state index contributed by atoms with van der Waals surface area (Å²) in [7, 11) is 1.74. The molecule has 1 amide bonds. The van der Waals surface area contributed by atoms with Crippen LogP contribution in [-0.4, -0.2) is 25.5 Å². The van der Waals surface area contributed by atoms with Crippen LogP contribution in [0.3, 0.4) is 0 Å². The van der Waals surface area contributed by atoms with Crippen LogP contribution in [0.15, 0.2) is 42.7 Å². The molecule has 8 heteroatoms. The van der Waals surface area contributed by atoms with E-state index >= 15 is 0 Å². The topological polar surface area (TPSA) is 64.7 Å². The molecule has 3 rings (SSSR count). The fourth-order valence-electron chi connectivity index (χ4n) is 2.07. The van der Waals surface area contributed by atoms with Gasteiger partial charge < -0.3 is 5.32 Å². The molecule has 0 saturated heterocycles. The van der Waals surface area contributed by atoms with Crippen LogP contribution in [0.5, 0.6) is 0 Å². The number of hydrogen-bond donors (Lipinski definition) is 1. The number of carbonyl (C=O) groups is 1. The van der Waals surface area contributed by atoms with E-state index in [2.05, 4.69) is 15.5 Å². The molecule has 0 aliphatic carbocycles. The van der Waals surface area contributed by atoms with Gasteiger partial charge in [-0.15, -0.1) is 0 Å². The Bertz CT molecular complexity index is 855. The van der Waals surface area contributed by atoms with Crippen molar-refractivity contribution in [1.82, 2.24) is 19.6 Å². The van der Waals surface area contributed by atoms with E-state index in [-0.39, 0.29) is 11.7 Å². The molecule has 0 bridgehead atoms. The molecule has 0 fully saturated rings. The van der Waals surface area contributed by atoms with E-state index in [9.17, 15) is 4.79 Å². The first kappa shape index (κ1) is 15.6. The third kappa shape index (κ3) is 3.55. The van der Waals surface area contributed by atoms with Gasteiger partial charge in [-0.3, -0.25) is 14.2 Å². The van der Waals surface area contributed by atoms with E-state index in [1.165, 1.54) is 0 Å². The Kier molecular flexibility index (Phi) is 4.36. The molecule has 118 valence electrons. The minimum absolute atomic E-state index is 0.286. The summed E-state index contributed by atoms with van der Waals surface area (Å²) in [6.07, 6.45) is 3.32. The monoisotopic (exact) mass is 349 g/mol. The Balaban J connectivity index is 1.76. The molecule has 2 heterocycles. The van der Waals surface area contributed by atoms with Gasteiger partial charge in [-0.25, -0.2) is 0 Å². The van der Waals surface area contributed by atoms with Gasteiger partial charge >= 0.3 is 0 Å². The van der Waals surface area contributed by atoms with Gasteiger partial charge in [-0.05, 0) is 17.7 Å². The first-order chi connectivity index (χ1) is 11.0. The van der Waals surface area contributed by atoms with Gasteiger partial charge in [0.05, 0.1) is 6.54 Å². The summed E-state index contributed by atoms with van der Waals surface area (Å²) in [5, 5.41) is 12.0. The Morgan fingerprint density at radius 2 is 1.96 bits per heavy atom. The van der Waals surface area contributed by atoms with Crippen molar-refractivity contribution in [3.63, 3.8) is 0 Å². The number of hydrogen-bond acceptors (Lipinski definition) is 3. The van der Waals surface area contributed by atoms with Gasteiger partial charge in [0.25, 0.3) is 5.91 Å². The minimum Gasteiger partial charge on any atom is -0.302 e. The number of amides is 1. The van der Waals surface area contributed by atoms with E-state index in [1.807, 2.05) is 24.3 Å². The quantitative estimate of drug-likeness (QED) is 0.786. The molecule has 0 atom stereocenters. The summed E-state index contributed by atoms with van der Waals surface area (Å²) in [5.74, 6) is -0.0788. The molecule has 0 spiro atoms. The first-order valence-electron chi connectivity index (χ1n) is 6.80. The van der Waals surface area contributed by atoms with Crippen molar-refractivity contribution in [2.24, 2.45) is 7.05 Å². The van der Waals surface area contributed by atoms with Crippen LogP contribution in [0.25, 0.3) is 0 Å². The molecule has 0 aliphatic heterocycles. The summed E-state index contributed by atoms with van der Waals surface area (Å²) in [5.41, 5.74) is 1.21. The van der Waals surface area contributed by atoms with Crippen LogP contribution < -0.4 is 5.32 Å². The van der Waals surface area contributed by atoms with Crippen LogP contribution in [0.2, 0.25) is 10.0 Å². The number of halogens is 2. The number of nitrogens with one attached hydrogen (secondary N) is 1. The smallest absolute Gasteiger partial charge is 0.277 e. The highest BCUT2D eigenvalue weighted by molar-refractivity contribution is 6.33. The van der Waals surface area contributed by atoms with E-state index in [1.54, 1.807) is 34.9 Å². The fraction of sp³-hybridized carbons (Fsp3) is 0.133. The summed E-state index contributed by atoms with van der Waals surface area (Å²) in [4.78, 5) is 12.1. The molecule has 0 saturated carbocycles. The van der Waals surface area contributed by atoms with Crippen molar-refractivity contribution in [1.29, 1.82) is 0 Å². The van der Waals surface area contributed by atoms with Gasteiger partial charge in [-0.1, -0.05) is 41.4 Å². The van der Waals surface area contributed by atoms with Crippen molar-refractivity contribution >= 4 is 34.9 Å². The highest BCUT2D eigenvalue weighted by Gasteiger charge is 2.14. The predicted molar refractivity (Wildman–Crippen MR) is 89.0 cm³/mol. The van der Waals surface area contributed by atoms with E-state index in [0.29, 0.717) is 22.3 Å². The molecule has 1 aromatic carbocycles. The highest BCUT2D eigenvalue weighted by Crippen LogP contribution is 2.22. The molecule has 0 unspecified atom stereocenters. The normalized spacial score (nSPS) is 10.7. The maximum atomic E-state index is 12.1. The predicted octanol–water partition coefficient (Wildman–Crippen LogP) is 3.22. The average Bonchev–Trinajstić information content (AvgIpc) is 3.08. The zero-order valence-corrected chi connectivity index (χ0v) is 13.7. The fourth-order valence-corrected chi connectivity index (χ4v) is 2.46. The maximum absolute atomic E-state index is 12.1. The van der Waals surface area contributed by atoms with Crippen LogP contribution in [0.1, 0.15) is 16.1 Å². The second-order valence-corrected chi connectivity index (χ2v) is 5.76. The summed E-state index contributed by atoms with van der Waals surface area (Å²) < 4.78 is 3.17. The molecule has 3 aromatic rings. The lowest BCUT2D eigenvalue weighted by Gasteiger charge is -2.04. The van der Waals surface area contributed by atoms with Gasteiger partial charge in [0.1, 0.15) is 5.02 Å². The summed E-state index contributed by atoms with van der Waals surface area (Å²) >= 11 is 12.3. The summed E-state index contributed by atoms with van der Waals surface area (Å²) in [6.45, 7) is 0.457. The van der Waals surface area contributed by atoms with Crippen LogP contribution in [0.4, 0.5) is 5.82 Å². The zero-order chi connectivity index (χ0) is 16.4. The molecule has 2 aromatic heterocycles. The Morgan fingerprint density at radius 3 is 2.65 bits per heavy atom. The Labute approximate surface area is 142 Å². The largest absolute Gasteiger partial charge is 0.302 e. The second kappa shape index (κ2) is 6.44. The van der Waals surface area contributed by atoms with E-state index in [4.69, 9.17) is 23.2 Å². The van der Waals surface area contributed by atoms with Crippen LogP contribution in [0, 0.1) is 0 Å². The number of nitrogens with zero attached hydrogens (tertiary/aromatic N) is 4. The Morgan fingerprint density at radius 1 is 1.17 bits per heavy atom. The third-order valence-electron chi connectivity index (χ3n) is 3.19. The van der Waals surface area contributed by atoms with Gasteiger partial charge in [0.2, 0.25) is 0 Å². The lowest BCUT2D eigenvalue weighted by molar-refractivity contribution is 0.102. The number of rotatable bonds is 4. The van der Waals surface area contributed by atoms with Gasteiger partial charge in [0, 0.05) is 24.5 Å². The van der Waals surface area contributed by atoms with Gasteiger partial charge in [-0.2, -0.15) is 10.2 Å². The molecular formula is C15H13Cl2N5O. The Hall–Kier alpha value is -2.31. The molecule has 23 heavy (non-hydrogen) atoms. The number of anilines is 1. The number of aryl methyl sites for hydroxylation is 1. The molecular weight excluding hydrogens is 337 g/mol. The number of benzene rings is 1. The van der Waals surface area contributed by atoms with E-state index < -0.39 is 0 Å². The standard InChI is InChI=1S/C15H13Cl2N5O/c1-21-7-6-13(19-21)15(23)18-14-12(17)9-22(20-14)8-10-4-2-3-5-11(10)16/h2-7,9H,8H2,1H3,(H,18,20,23). The van der Waals surface area contributed by atoms with Crippen molar-refractivity contribution < 1.29 is 4.79 Å². The van der Waals surface area contributed by atoms with Crippen molar-refractivity contribution in [2.45, 2.75) is 6.54 Å². The lowest BCUT2D eigenvalue weighted by atomic mass is 10.2. The zero-order valence-electron chi connectivity index (χ0n) is 12.2. The van der Waals surface area contributed by atoms with Crippen molar-refractivity contribution in [3.8, 4) is 0 Å². The molecule has 6 nitrogen and oxygen atoms in total. The number of aromatic nitrogens is 4. The molecule has 0 aliphatic rings. The second-order valence-electron chi connectivity index (χ2n) is 4.94. The SMILES string of the molecule is Cn1ccc(C(=O)Nc2nn(Cc3ccccc3Cl)cc2Cl)n1. The minimum atomic E-state index is -0.365. The highest BCUT2D eigenvalue weighted by atomic mass is 35.5. The molecule has 0 radical (unpaired) electrons. The maximum Gasteiger partial charge on any atom is 0.277 e. The van der Waals surface area contributed by atoms with Crippen molar-refractivity contribution in [3.05, 3.63) is 64.0 Å². The lowest BCUT2D eigenvalue weighted by Crippen LogP contribution is -2.14. The molecule has 1 N–H and O–H groups in total. The van der Waals surface area contributed by atoms with Crippen molar-refractivity contribution in [2.75, 3.05) is 5.32 Å². The van der Waals surface area contributed by atoms with E-state index in [0.717, 1.165) is 5.56 Å². The first-order valence-corrected chi connectivity index (χ1v) is 7.56. The average molecular weight is 350 g/mol. The van der Waals surface area contributed by atoms with Gasteiger partial charge in [0.15, 0.2) is 11.5 Å². The summed E-state index contributed by atoms with van der Waals surface area (Å²) in [6, 6.07) is 9.09. The third-order valence-corrected chi connectivity index (χ3v) is 3.83. The number of carbonyl (C=O) groups excluding carboxylic acids is 1.